The van der Waals surface area contributed by atoms with E-state index < -0.39 is 10.0 Å². The van der Waals surface area contributed by atoms with E-state index in [0.717, 1.165) is 22.3 Å². The molecule has 1 aromatic heterocycles. The van der Waals surface area contributed by atoms with Crippen LogP contribution in [0.1, 0.15) is 27.9 Å². The van der Waals surface area contributed by atoms with E-state index in [4.69, 9.17) is 0 Å². The lowest BCUT2D eigenvalue weighted by molar-refractivity contribution is 0.579. The van der Waals surface area contributed by atoms with Gasteiger partial charge in [0.15, 0.2) is 0 Å². The summed E-state index contributed by atoms with van der Waals surface area (Å²) in [4.78, 5) is 4.51. The third kappa shape index (κ3) is 3.31. The predicted octanol–water partition coefficient (Wildman–Crippen LogP) is 2.79. The summed E-state index contributed by atoms with van der Waals surface area (Å²) < 4.78 is 27.9. The van der Waals surface area contributed by atoms with E-state index in [1.165, 1.54) is 0 Å². The van der Waals surface area contributed by atoms with Gasteiger partial charge in [0.05, 0.1) is 17.1 Å². The molecule has 0 bridgehead atoms. The maximum Gasteiger partial charge on any atom is 0.241 e. The Morgan fingerprint density at radius 1 is 1.05 bits per heavy atom. The summed E-state index contributed by atoms with van der Waals surface area (Å²) in [5.41, 5.74) is 4.26. The van der Waals surface area contributed by atoms with Gasteiger partial charge in [-0.1, -0.05) is 12.1 Å². The predicted molar refractivity (Wildman–Crippen MR) is 83.7 cm³/mol. The number of rotatable bonds is 4. The van der Waals surface area contributed by atoms with Crippen LogP contribution in [0, 0.1) is 27.7 Å². The largest absolute Gasteiger partial charge is 0.260 e. The molecule has 112 valence electrons. The topological polar surface area (TPSA) is 59.1 Å². The second-order valence-electron chi connectivity index (χ2n) is 5.24. The highest BCUT2D eigenvalue weighted by Gasteiger charge is 2.21. The van der Waals surface area contributed by atoms with Gasteiger partial charge in [0.25, 0.3) is 0 Å². The first-order valence-electron chi connectivity index (χ1n) is 6.80. The normalized spacial score (nSPS) is 11.6. The van der Waals surface area contributed by atoms with Crippen LogP contribution in [0.5, 0.6) is 0 Å². The Hall–Kier alpha value is -1.72. The van der Waals surface area contributed by atoms with Gasteiger partial charge in [-0.3, -0.25) is 4.98 Å². The SMILES string of the molecule is Cc1cc(C)c(C)c(S(=O)(=O)NCc2ccccn2)c1C. The van der Waals surface area contributed by atoms with E-state index in [1.807, 2.05) is 39.8 Å². The fourth-order valence-corrected chi connectivity index (χ4v) is 3.94. The van der Waals surface area contributed by atoms with Crippen molar-refractivity contribution < 1.29 is 8.42 Å². The van der Waals surface area contributed by atoms with Crippen LogP contribution in [0.15, 0.2) is 35.4 Å². The number of nitrogens with zero attached hydrogens (tertiary/aromatic N) is 1. The summed E-state index contributed by atoms with van der Waals surface area (Å²) in [6.07, 6.45) is 1.65. The smallest absolute Gasteiger partial charge is 0.241 e. The van der Waals surface area contributed by atoms with Gasteiger partial charge in [0, 0.05) is 6.20 Å². The van der Waals surface area contributed by atoms with E-state index in [-0.39, 0.29) is 6.54 Å². The Kier molecular flexibility index (Phi) is 4.44. The second-order valence-corrected chi connectivity index (χ2v) is 6.94. The number of aromatic nitrogens is 1. The van der Waals surface area contributed by atoms with Crippen LogP contribution in [-0.4, -0.2) is 13.4 Å². The number of nitrogens with one attached hydrogen (secondary N) is 1. The van der Waals surface area contributed by atoms with E-state index in [9.17, 15) is 8.42 Å². The summed E-state index contributed by atoms with van der Waals surface area (Å²) >= 11 is 0. The van der Waals surface area contributed by atoms with Gasteiger partial charge in [0.1, 0.15) is 0 Å². The highest BCUT2D eigenvalue weighted by atomic mass is 32.2. The molecular formula is C16H20N2O2S. The highest BCUT2D eigenvalue weighted by molar-refractivity contribution is 7.89. The Morgan fingerprint density at radius 2 is 1.67 bits per heavy atom. The first-order chi connectivity index (χ1) is 9.83. The van der Waals surface area contributed by atoms with Gasteiger partial charge in [-0.05, 0) is 62.1 Å². The lowest BCUT2D eigenvalue weighted by Crippen LogP contribution is -2.25. The highest BCUT2D eigenvalue weighted by Crippen LogP contribution is 2.25. The molecule has 0 radical (unpaired) electrons. The molecule has 0 fully saturated rings. The van der Waals surface area contributed by atoms with E-state index in [2.05, 4.69) is 9.71 Å². The van der Waals surface area contributed by atoms with E-state index in [0.29, 0.717) is 10.6 Å². The number of hydrogen-bond donors (Lipinski definition) is 1. The van der Waals surface area contributed by atoms with Gasteiger partial charge in [-0.15, -0.1) is 0 Å². The Morgan fingerprint density at radius 3 is 2.19 bits per heavy atom. The van der Waals surface area contributed by atoms with Gasteiger partial charge < -0.3 is 0 Å². The molecule has 0 spiro atoms. The minimum atomic E-state index is -3.55. The first kappa shape index (κ1) is 15.7. The molecule has 5 heteroatoms. The molecule has 0 unspecified atom stereocenters. The minimum Gasteiger partial charge on any atom is -0.260 e. The summed E-state index contributed by atoms with van der Waals surface area (Å²) in [5, 5.41) is 0. The second kappa shape index (κ2) is 5.95. The Labute approximate surface area is 126 Å². The third-order valence-electron chi connectivity index (χ3n) is 3.74. The van der Waals surface area contributed by atoms with Crippen LogP contribution in [-0.2, 0) is 16.6 Å². The number of aryl methyl sites for hydroxylation is 2. The molecule has 2 aromatic rings. The molecule has 1 aromatic carbocycles. The first-order valence-corrected chi connectivity index (χ1v) is 8.28. The minimum absolute atomic E-state index is 0.190. The van der Waals surface area contributed by atoms with Crippen molar-refractivity contribution >= 4 is 10.0 Å². The summed E-state index contributed by atoms with van der Waals surface area (Å²) in [5.74, 6) is 0. The fourth-order valence-electron chi connectivity index (χ4n) is 2.33. The third-order valence-corrected chi connectivity index (χ3v) is 5.41. The average molecular weight is 304 g/mol. The number of benzene rings is 1. The maximum absolute atomic E-state index is 12.6. The van der Waals surface area contributed by atoms with Gasteiger partial charge >= 0.3 is 0 Å². The van der Waals surface area contributed by atoms with E-state index in [1.54, 1.807) is 18.3 Å². The van der Waals surface area contributed by atoms with Crippen molar-refractivity contribution in [3.05, 3.63) is 58.4 Å². The van der Waals surface area contributed by atoms with Gasteiger partial charge in [-0.25, -0.2) is 13.1 Å². The Bertz CT molecular complexity index is 727. The Balaban J connectivity index is 2.37. The van der Waals surface area contributed by atoms with Crippen molar-refractivity contribution in [1.82, 2.24) is 9.71 Å². The molecule has 0 saturated heterocycles. The lowest BCUT2D eigenvalue weighted by Gasteiger charge is -2.16. The molecular weight excluding hydrogens is 284 g/mol. The molecule has 2 rings (SSSR count). The van der Waals surface area contributed by atoms with Gasteiger partial charge in [0.2, 0.25) is 10.0 Å². The zero-order valence-electron chi connectivity index (χ0n) is 12.8. The van der Waals surface area contributed by atoms with Crippen molar-refractivity contribution in [1.29, 1.82) is 0 Å². The van der Waals surface area contributed by atoms with Crippen molar-refractivity contribution in [2.24, 2.45) is 0 Å². The van der Waals surface area contributed by atoms with E-state index >= 15 is 0 Å². The molecule has 1 heterocycles. The van der Waals surface area contributed by atoms with Crippen LogP contribution >= 0.6 is 0 Å². The molecule has 0 saturated carbocycles. The number of sulfonamides is 1. The maximum atomic E-state index is 12.6. The van der Waals surface area contributed by atoms with Crippen molar-refractivity contribution in [2.45, 2.75) is 39.1 Å². The van der Waals surface area contributed by atoms with Gasteiger partial charge in [-0.2, -0.15) is 0 Å². The number of pyridine rings is 1. The zero-order chi connectivity index (χ0) is 15.6. The molecule has 0 aliphatic rings. The van der Waals surface area contributed by atoms with Crippen LogP contribution in [0.4, 0.5) is 0 Å². The lowest BCUT2D eigenvalue weighted by atomic mass is 10.0. The molecule has 0 aliphatic carbocycles. The quantitative estimate of drug-likeness (QED) is 0.945. The van der Waals surface area contributed by atoms with Crippen LogP contribution in [0.25, 0.3) is 0 Å². The van der Waals surface area contributed by atoms with Crippen molar-refractivity contribution in [2.75, 3.05) is 0 Å². The van der Waals surface area contributed by atoms with Crippen molar-refractivity contribution in [3.8, 4) is 0 Å². The van der Waals surface area contributed by atoms with Crippen LogP contribution < -0.4 is 4.72 Å². The molecule has 1 N–H and O–H groups in total. The molecule has 0 aliphatic heterocycles. The molecule has 21 heavy (non-hydrogen) atoms. The monoisotopic (exact) mass is 304 g/mol. The van der Waals surface area contributed by atoms with Crippen LogP contribution in [0.2, 0.25) is 0 Å². The van der Waals surface area contributed by atoms with Crippen molar-refractivity contribution in [3.63, 3.8) is 0 Å². The summed E-state index contributed by atoms with van der Waals surface area (Å²) in [7, 11) is -3.55. The number of hydrogen-bond acceptors (Lipinski definition) is 3. The molecule has 0 atom stereocenters. The summed E-state index contributed by atoms with van der Waals surface area (Å²) in [6.45, 7) is 7.74. The average Bonchev–Trinajstić information content (AvgIpc) is 2.44. The zero-order valence-corrected chi connectivity index (χ0v) is 13.6. The summed E-state index contributed by atoms with van der Waals surface area (Å²) in [6, 6.07) is 7.45. The molecule has 4 nitrogen and oxygen atoms in total. The van der Waals surface area contributed by atoms with Crippen LogP contribution in [0.3, 0.4) is 0 Å². The standard InChI is InChI=1S/C16H20N2O2S/c1-11-9-12(2)14(4)16(13(11)3)21(19,20)18-10-15-7-5-6-8-17-15/h5-9,18H,10H2,1-4H3. The molecule has 0 amide bonds. The fraction of sp³-hybridized carbons (Fsp3) is 0.312.